The third kappa shape index (κ3) is 2.76. The largest absolute Gasteiger partial charge is 0.377 e. The molecule has 1 unspecified atom stereocenters. The van der Waals surface area contributed by atoms with Gasteiger partial charge < -0.3 is 10.6 Å². The number of carbonyl (C=O) groups is 1. The van der Waals surface area contributed by atoms with Crippen molar-refractivity contribution in [3.63, 3.8) is 0 Å². The van der Waals surface area contributed by atoms with E-state index in [9.17, 15) is 13.2 Å². The summed E-state index contributed by atoms with van der Waals surface area (Å²) >= 11 is 0. The van der Waals surface area contributed by atoms with Crippen molar-refractivity contribution in [3.05, 3.63) is 36.4 Å². The molecule has 0 aliphatic heterocycles. The van der Waals surface area contributed by atoms with E-state index in [0.717, 1.165) is 16.5 Å². The van der Waals surface area contributed by atoms with Crippen molar-refractivity contribution >= 4 is 32.2 Å². The first-order valence-corrected chi connectivity index (χ1v) is 7.97. The highest BCUT2D eigenvalue weighted by Crippen LogP contribution is 2.28. The van der Waals surface area contributed by atoms with E-state index < -0.39 is 21.1 Å². The molecule has 0 aliphatic carbocycles. The maximum atomic E-state index is 12.3. The molecule has 4 N–H and O–H groups in total. The van der Waals surface area contributed by atoms with E-state index in [0.29, 0.717) is 0 Å². The lowest BCUT2D eigenvalue weighted by molar-refractivity contribution is -0.128. The molecule has 1 atom stereocenters. The SMILES string of the molecule is CN(C)c1cccc2ccc(S(=O)(=O)C(N)C(=O)NO)cc12. The molecule has 118 valence electrons. The number of hydrogen-bond acceptors (Lipinski definition) is 6. The molecule has 0 bridgehead atoms. The Balaban J connectivity index is 2.63. The number of hydroxylamine groups is 1. The van der Waals surface area contributed by atoms with Crippen molar-refractivity contribution < 1.29 is 18.4 Å². The molecule has 0 saturated carbocycles. The minimum absolute atomic E-state index is 0.0783. The minimum atomic E-state index is -4.10. The highest BCUT2D eigenvalue weighted by Gasteiger charge is 2.30. The van der Waals surface area contributed by atoms with Gasteiger partial charge in [-0.3, -0.25) is 10.0 Å². The zero-order valence-electron chi connectivity index (χ0n) is 12.1. The molecule has 22 heavy (non-hydrogen) atoms. The van der Waals surface area contributed by atoms with Crippen molar-refractivity contribution in [1.29, 1.82) is 0 Å². The second-order valence-electron chi connectivity index (χ2n) is 5.00. The standard InChI is InChI=1S/C14H17N3O4S/c1-17(2)12-5-3-4-9-6-7-10(8-11(9)12)22(20,21)13(15)14(18)16-19/h3-8,13,19H,15H2,1-2H3,(H,16,18). The summed E-state index contributed by atoms with van der Waals surface area (Å²) in [5.74, 6) is -1.18. The fourth-order valence-electron chi connectivity index (χ4n) is 2.15. The highest BCUT2D eigenvalue weighted by atomic mass is 32.2. The molecular weight excluding hydrogens is 306 g/mol. The van der Waals surface area contributed by atoms with Crippen LogP contribution in [0.3, 0.4) is 0 Å². The van der Waals surface area contributed by atoms with Gasteiger partial charge in [-0.25, -0.2) is 13.9 Å². The van der Waals surface area contributed by atoms with E-state index in [1.165, 1.54) is 17.6 Å². The van der Waals surface area contributed by atoms with Crippen molar-refractivity contribution in [2.24, 2.45) is 5.73 Å². The molecule has 0 saturated heterocycles. The third-order valence-corrected chi connectivity index (χ3v) is 5.14. The van der Waals surface area contributed by atoms with Crippen LogP contribution in [0.15, 0.2) is 41.3 Å². The number of fused-ring (bicyclic) bond motifs is 1. The van der Waals surface area contributed by atoms with Crippen LogP contribution >= 0.6 is 0 Å². The Hall–Kier alpha value is -2.16. The number of nitrogens with zero attached hydrogens (tertiary/aromatic N) is 1. The van der Waals surface area contributed by atoms with E-state index >= 15 is 0 Å². The topological polar surface area (TPSA) is 113 Å². The molecule has 1 amide bonds. The summed E-state index contributed by atoms with van der Waals surface area (Å²) in [5, 5.41) is 8.27. The number of sulfone groups is 1. The van der Waals surface area contributed by atoms with Gasteiger partial charge in [0, 0.05) is 25.2 Å². The van der Waals surface area contributed by atoms with Crippen molar-refractivity contribution in [1.82, 2.24) is 5.48 Å². The molecule has 0 heterocycles. The van der Waals surface area contributed by atoms with Gasteiger partial charge in [-0.2, -0.15) is 0 Å². The fourth-order valence-corrected chi connectivity index (χ4v) is 3.32. The second-order valence-corrected chi connectivity index (χ2v) is 7.07. The summed E-state index contributed by atoms with van der Waals surface area (Å²) in [6.45, 7) is 0. The second kappa shape index (κ2) is 5.91. The smallest absolute Gasteiger partial charge is 0.276 e. The Morgan fingerprint density at radius 1 is 1.27 bits per heavy atom. The monoisotopic (exact) mass is 323 g/mol. The van der Waals surface area contributed by atoms with Crippen LogP contribution in [0.25, 0.3) is 10.8 Å². The van der Waals surface area contributed by atoms with Crippen LogP contribution in [0.2, 0.25) is 0 Å². The maximum Gasteiger partial charge on any atom is 0.276 e. The number of hydrogen-bond donors (Lipinski definition) is 3. The number of rotatable bonds is 4. The van der Waals surface area contributed by atoms with E-state index in [2.05, 4.69) is 0 Å². The average molecular weight is 323 g/mol. The first-order valence-electron chi connectivity index (χ1n) is 6.42. The molecule has 2 aromatic carbocycles. The fraction of sp³-hybridized carbons (Fsp3) is 0.214. The first-order chi connectivity index (χ1) is 10.3. The third-order valence-electron chi connectivity index (χ3n) is 3.34. The van der Waals surface area contributed by atoms with Gasteiger partial charge in [-0.1, -0.05) is 18.2 Å². The summed E-state index contributed by atoms with van der Waals surface area (Å²) in [4.78, 5) is 13.1. The summed E-state index contributed by atoms with van der Waals surface area (Å²) in [6.07, 6.45) is 0. The van der Waals surface area contributed by atoms with E-state index in [1.807, 2.05) is 37.2 Å². The van der Waals surface area contributed by atoms with Gasteiger partial charge in [-0.15, -0.1) is 0 Å². The van der Waals surface area contributed by atoms with Crippen LogP contribution in [0.1, 0.15) is 0 Å². The molecule has 2 rings (SSSR count). The molecule has 0 fully saturated rings. The number of benzene rings is 2. The maximum absolute atomic E-state index is 12.3. The highest BCUT2D eigenvalue weighted by molar-refractivity contribution is 7.92. The lowest BCUT2D eigenvalue weighted by Gasteiger charge is -2.17. The van der Waals surface area contributed by atoms with Crippen LogP contribution in [0.5, 0.6) is 0 Å². The molecule has 0 radical (unpaired) electrons. The van der Waals surface area contributed by atoms with Gasteiger partial charge in [0.25, 0.3) is 5.91 Å². The van der Waals surface area contributed by atoms with Gasteiger partial charge in [-0.05, 0) is 23.6 Å². The van der Waals surface area contributed by atoms with E-state index in [4.69, 9.17) is 10.9 Å². The van der Waals surface area contributed by atoms with Crippen LogP contribution in [-0.2, 0) is 14.6 Å². The molecule has 8 heteroatoms. The summed E-state index contributed by atoms with van der Waals surface area (Å²) in [7, 11) is -0.401. The zero-order valence-corrected chi connectivity index (χ0v) is 13.0. The van der Waals surface area contributed by atoms with E-state index in [-0.39, 0.29) is 4.90 Å². The Kier molecular flexibility index (Phi) is 4.36. The van der Waals surface area contributed by atoms with Crippen molar-refractivity contribution in [2.75, 3.05) is 19.0 Å². The lowest BCUT2D eigenvalue weighted by Crippen LogP contribution is -2.44. The Labute approximate surface area is 128 Å². The van der Waals surface area contributed by atoms with Crippen molar-refractivity contribution in [3.8, 4) is 0 Å². The minimum Gasteiger partial charge on any atom is -0.377 e. The van der Waals surface area contributed by atoms with Crippen LogP contribution < -0.4 is 16.1 Å². The Bertz CT molecular complexity index is 818. The van der Waals surface area contributed by atoms with Crippen LogP contribution in [0.4, 0.5) is 5.69 Å². The summed E-state index contributed by atoms with van der Waals surface area (Å²) < 4.78 is 24.7. The summed E-state index contributed by atoms with van der Waals surface area (Å²) in [5.41, 5.74) is 7.51. The molecular formula is C14H17N3O4S. The molecule has 0 aromatic heterocycles. The van der Waals surface area contributed by atoms with Gasteiger partial charge in [0.05, 0.1) is 4.90 Å². The number of carbonyl (C=O) groups excluding carboxylic acids is 1. The van der Waals surface area contributed by atoms with Crippen molar-refractivity contribution in [2.45, 2.75) is 10.3 Å². The van der Waals surface area contributed by atoms with Gasteiger partial charge >= 0.3 is 0 Å². The Morgan fingerprint density at radius 3 is 2.55 bits per heavy atom. The van der Waals surface area contributed by atoms with Gasteiger partial charge in [0.15, 0.2) is 5.37 Å². The van der Waals surface area contributed by atoms with Crippen LogP contribution in [-0.4, -0.2) is 39.0 Å². The quantitative estimate of drug-likeness (QED) is 0.557. The average Bonchev–Trinajstić information content (AvgIpc) is 2.51. The molecule has 0 spiro atoms. The number of nitrogens with two attached hydrogens (primary N) is 1. The zero-order chi connectivity index (χ0) is 16.5. The molecule has 2 aromatic rings. The lowest BCUT2D eigenvalue weighted by atomic mass is 10.1. The summed E-state index contributed by atoms with van der Waals surface area (Å²) in [6, 6.07) is 10.1. The molecule has 7 nitrogen and oxygen atoms in total. The Morgan fingerprint density at radius 2 is 1.95 bits per heavy atom. The van der Waals surface area contributed by atoms with E-state index in [1.54, 1.807) is 6.07 Å². The van der Waals surface area contributed by atoms with Crippen LogP contribution in [0, 0.1) is 0 Å². The number of nitrogens with one attached hydrogen (secondary N) is 1. The van der Waals surface area contributed by atoms with Gasteiger partial charge in [0.1, 0.15) is 0 Å². The van der Waals surface area contributed by atoms with Gasteiger partial charge in [0.2, 0.25) is 9.84 Å². The first kappa shape index (κ1) is 16.2. The number of amides is 1. The molecule has 0 aliphatic rings. The predicted octanol–water partition coefficient (Wildman–Crippen LogP) is 0.470. The normalized spacial score (nSPS) is 12.9. The number of anilines is 1. The predicted molar refractivity (Wildman–Crippen MR) is 83.4 cm³/mol.